The van der Waals surface area contributed by atoms with Crippen LogP contribution in [0.5, 0.6) is 0 Å². The molecule has 0 radical (unpaired) electrons. The average molecular weight is 406 g/mol. The molecule has 1 aliphatic carbocycles. The Morgan fingerprint density at radius 1 is 1.28 bits per heavy atom. The molecule has 2 aliphatic rings. The molecule has 2 heterocycles. The van der Waals surface area contributed by atoms with E-state index in [1.54, 1.807) is 11.8 Å². The van der Waals surface area contributed by atoms with E-state index in [-0.39, 0.29) is 41.5 Å². The zero-order valence-electron chi connectivity index (χ0n) is 17.1. The Morgan fingerprint density at radius 3 is 2.83 bits per heavy atom. The molecule has 10 heteroatoms. The number of ether oxygens (including phenoxy) is 1. The van der Waals surface area contributed by atoms with Gasteiger partial charge >= 0.3 is 0 Å². The molecule has 0 unspecified atom stereocenters. The largest absolute Gasteiger partial charge is 0.376 e. The first-order valence-corrected chi connectivity index (χ1v) is 10.3. The predicted octanol–water partition coefficient (Wildman–Crippen LogP) is 0.155. The van der Waals surface area contributed by atoms with E-state index in [0.29, 0.717) is 57.6 Å². The number of hydrogen-bond donors (Lipinski definition) is 3. The zero-order chi connectivity index (χ0) is 20.8. The zero-order valence-corrected chi connectivity index (χ0v) is 17.1. The molecule has 2 fully saturated rings. The van der Waals surface area contributed by atoms with Gasteiger partial charge in [0.25, 0.3) is 5.91 Å². The maximum absolute atomic E-state index is 13.0. The lowest BCUT2D eigenvalue weighted by Crippen LogP contribution is -2.51. The summed E-state index contributed by atoms with van der Waals surface area (Å²) in [6.07, 6.45) is 2.84. The van der Waals surface area contributed by atoms with Crippen molar-refractivity contribution in [2.24, 2.45) is 5.92 Å². The van der Waals surface area contributed by atoms with Crippen LogP contribution >= 0.6 is 0 Å². The number of hydrogen-bond acceptors (Lipinski definition) is 6. The van der Waals surface area contributed by atoms with Gasteiger partial charge < -0.3 is 20.3 Å². The van der Waals surface area contributed by atoms with Crippen molar-refractivity contribution >= 4 is 17.7 Å². The van der Waals surface area contributed by atoms with Crippen molar-refractivity contribution in [2.75, 3.05) is 26.2 Å². The topological polar surface area (TPSA) is 129 Å². The van der Waals surface area contributed by atoms with E-state index in [9.17, 15) is 14.4 Å². The minimum absolute atomic E-state index is 0.0148. The van der Waals surface area contributed by atoms with E-state index < -0.39 is 0 Å². The van der Waals surface area contributed by atoms with Gasteiger partial charge in [0.05, 0.1) is 17.8 Å². The van der Waals surface area contributed by atoms with Crippen LogP contribution in [0.4, 0.5) is 0 Å². The Bertz CT molecular complexity index is 736. The Kier molecular flexibility index (Phi) is 7.18. The second-order valence-corrected chi connectivity index (χ2v) is 7.68. The lowest BCUT2D eigenvalue weighted by atomic mass is 9.82. The van der Waals surface area contributed by atoms with Crippen LogP contribution in [0, 0.1) is 12.8 Å². The Morgan fingerprint density at radius 2 is 2.10 bits per heavy atom. The highest BCUT2D eigenvalue weighted by Crippen LogP contribution is 2.29. The van der Waals surface area contributed by atoms with Crippen LogP contribution in [0.2, 0.25) is 0 Å². The molecule has 29 heavy (non-hydrogen) atoms. The highest BCUT2D eigenvalue weighted by atomic mass is 16.5. The number of H-pyrrole nitrogens is 1. The number of aromatic nitrogens is 3. The highest BCUT2D eigenvalue weighted by Gasteiger charge is 2.37. The van der Waals surface area contributed by atoms with Gasteiger partial charge in [-0.15, -0.1) is 0 Å². The molecule has 0 spiro atoms. The first kappa shape index (κ1) is 21.2. The Balaban J connectivity index is 1.63. The summed E-state index contributed by atoms with van der Waals surface area (Å²) in [5.74, 6) is -0.386. The minimum atomic E-state index is -0.284. The smallest absolute Gasteiger partial charge is 0.274 e. The minimum Gasteiger partial charge on any atom is -0.376 e. The Hall–Kier alpha value is -2.49. The molecule has 1 saturated heterocycles. The molecule has 3 N–H and O–H groups in total. The normalized spacial score (nSPS) is 25.2. The molecule has 3 atom stereocenters. The van der Waals surface area contributed by atoms with E-state index in [1.165, 1.54) is 0 Å². The summed E-state index contributed by atoms with van der Waals surface area (Å²) >= 11 is 0. The lowest BCUT2D eigenvalue weighted by Gasteiger charge is -2.37. The van der Waals surface area contributed by atoms with Crippen LogP contribution in [-0.2, 0) is 14.3 Å². The molecular weight excluding hydrogens is 376 g/mol. The van der Waals surface area contributed by atoms with Gasteiger partial charge in [0.15, 0.2) is 5.69 Å². The summed E-state index contributed by atoms with van der Waals surface area (Å²) in [6.45, 7) is 5.80. The predicted molar refractivity (Wildman–Crippen MR) is 104 cm³/mol. The van der Waals surface area contributed by atoms with Crippen molar-refractivity contribution in [1.82, 2.24) is 30.9 Å². The molecule has 0 aromatic carbocycles. The van der Waals surface area contributed by atoms with Crippen LogP contribution in [-0.4, -0.2) is 76.4 Å². The van der Waals surface area contributed by atoms with Crippen LogP contribution in [0.15, 0.2) is 0 Å². The molecule has 1 aromatic rings. The van der Waals surface area contributed by atoms with Gasteiger partial charge in [-0.2, -0.15) is 15.4 Å². The summed E-state index contributed by atoms with van der Waals surface area (Å²) in [5, 5.41) is 16.1. The van der Waals surface area contributed by atoms with Gasteiger partial charge in [-0.25, -0.2) is 0 Å². The number of amides is 3. The first-order valence-electron chi connectivity index (χ1n) is 10.3. The van der Waals surface area contributed by atoms with Gasteiger partial charge in [-0.05, 0) is 32.6 Å². The first-order chi connectivity index (χ1) is 14.0. The van der Waals surface area contributed by atoms with E-state index in [2.05, 4.69) is 26.0 Å². The lowest BCUT2D eigenvalue weighted by molar-refractivity contribution is -0.139. The van der Waals surface area contributed by atoms with Crippen molar-refractivity contribution in [3.63, 3.8) is 0 Å². The third-order valence-corrected chi connectivity index (χ3v) is 5.56. The summed E-state index contributed by atoms with van der Waals surface area (Å²) in [4.78, 5) is 38.9. The Labute approximate surface area is 170 Å². The van der Waals surface area contributed by atoms with Crippen molar-refractivity contribution in [3.05, 3.63) is 11.4 Å². The molecule has 3 amide bonds. The highest BCUT2D eigenvalue weighted by molar-refractivity contribution is 5.93. The van der Waals surface area contributed by atoms with Gasteiger partial charge in [0.2, 0.25) is 11.8 Å². The van der Waals surface area contributed by atoms with Crippen molar-refractivity contribution in [3.8, 4) is 0 Å². The molecule has 160 valence electrons. The van der Waals surface area contributed by atoms with Gasteiger partial charge in [-0.3, -0.25) is 14.4 Å². The molecule has 1 aromatic heterocycles. The SMILES string of the molecule is CCCO[C@H]1C[C@@H](C(=O)N2CCNC(=O)CC2)CC[C@@H]1NC(=O)c1n[nH]nc1C. The van der Waals surface area contributed by atoms with Crippen LogP contribution in [0.3, 0.4) is 0 Å². The van der Waals surface area contributed by atoms with E-state index in [0.717, 1.165) is 6.42 Å². The monoisotopic (exact) mass is 406 g/mol. The van der Waals surface area contributed by atoms with Crippen molar-refractivity contribution < 1.29 is 19.1 Å². The number of aromatic amines is 1. The molecule has 3 rings (SSSR count). The van der Waals surface area contributed by atoms with E-state index in [4.69, 9.17) is 4.74 Å². The van der Waals surface area contributed by atoms with Crippen LogP contribution in [0.25, 0.3) is 0 Å². The maximum atomic E-state index is 13.0. The van der Waals surface area contributed by atoms with Crippen LogP contribution < -0.4 is 10.6 Å². The van der Waals surface area contributed by atoms with Crippen LogP contribution in [0.1, 0.15) is 55.2 Å². The van der Waals surface area contributed by atoms with Gasteiger partial charge in [-0.1, -0.05) is 6.92 Å². The number of nitrogens with zero attached hydrogens (tertiary/aromatic N) is 3. The summed E-state index contributed by atoms with van der Waals surface area (Å²) < 4.78 is 6.01. The third kappa shape index (κ3) is 5.31. The van der Waals surface area contributed by atoms with E-state index in [1.807, 2.05) is 6.92 Å². The molecule has 1 aliphatic heterocycles. The standard InChI is InChI=1S/C19H30N6O4/c1-3-10-29-15-11-13(19(28)25-8-6-16(26)20-7-9-25)4-5-14(15)21-18(27)17-12(2)22-24-23-17/h13-15H,3-11H2,1-2H3,(H,20,26)(H,21,27)(H,22,23,24)/t13-,14-,15-/m0/s1. The second-order valence-electron chi connectivity index (χ2n) is 7.68. The summed E-state index contributed by atoms with van der Waals surface area (Å²) in [6, 6.07) is -0.179. The van der Waals surface area contributed by atoms with Gasteiger partial charge in [0.1, 0.15) is 0 Å². The maximum Gasteiger partial charge on any atom is 0.274 e. The van der Waals surface area contributed by atoms with Gasteiger partial charge in [0, 0.05) is 38.6 Å². The fraction of sp³-hybridized carbons (Fsp3) is 0.737. The van der Waals surface area contributed by atoms with Crippen molar-refractivity contribution in [1.29, 1.82) is 0 Å². The molecular formula is C19H30N6O4. The van der Waals surface area contributed by atoms with E-state index >= 15 is 0 Å². The number of carbonyl (C=O) groups is 3. The molecule has 10 nitrogen and oxygen atoms in total. The number of aryl methyl sites for hydroxylation is 1. The average Bonchev–Trinajstić information content (AvgIpc) is 3.03. The third-order valence-electron chi connectivity index (χ3n) is 5.56. The number of carbonyl (C=O) groups excluding carboxylic acids is 3. The molecule has 1 saturated carbocycles. The fourth-order valence-corrected chi connectivity index (χ4v) is 3.95. The second kappa shape index (κ2) is 9.82. The molecule has 0 bridgehead atoms. The quantitative estimate of drug-likeness (QED) is 0.617. The summed E-state index contributed by atoms with van der Waals surface area (Å²) in [5.41, 5.74) is 0.820. The fourth-order valence-electron chi connectivity index (χ4n) is 3.95. The van der Waals surface area contributed by atoms with Crippen molar-refractivity contribution in [2.45, 2.75) is 58.1 Å². The number of rotatable bonds is 6. The summed E-state index contributed by atoms with van der Waals surface area (Å²) in [7, 11) is 0. The number of nitrogens with one attached hydrogen (secondary N) is 3.